The Labute approximate surface area is 117 Å². The Morgan fingerprint density at radius 1 is 1.26 bits per heavy atom. The van der Waals surface area contributed by atoms with Gasteiger partial charge in [-0.3, -0.25) is 5.32 Å². The predicted molar refractivity (Wildman–Crippen MR) is 76.7 cm³/mol. The van der Waals surface area contributed by atoms with Crippen molar-refractivity contribution in [3.05, 3.63) is 0 Å². The van der Waals surface area contributed by atoms with Gasteiger partial charge in [-0.1, -0.05) is 26.7 Å². The third-order valence-corrected chi connectivity index (χ3v) is 4.97. The van der Waals surface area contributed by atoms with Gasteiger partial charge in [-0.15, -0.1) is 0 Å². The molecule has 1 aliphatic carbocycles. The quantitative estimate of drug-likeness (QED) is 0.793. The van der Waals surface area contributed by atoms with Crippen molar-refractivity contribution in [3.63, 3.8) is 0 Å². The number of rotatable bonds is 4. The van der Waals surface area contributed by atoms with E-state index in [0.717, 1.165) is 44.2 Å². The highest BCUT2D eigenvalue weighted by Crippen LogP contribution is 2.33. The Bertz CT molecular complexity index is 317. The average Bonchev–Trinajstić information content (AvgIpc) is 2.82. The van der Waals surface area contributed by atoms with Gasteiger partial charge in [0.2, 0.25) is 0 Å². The zero-order chi connectivity index (χ0) is 13.7. The van der Waals surface area contributed by atoms with E-state index < -0.39 is 0 Å². The summed E-state index contributed by atoms with van der Waals surface area (Å²) in [5, 5.41) is 13.2. The van der Waals surface area contributed by atoms with Gasteiger partial charge < -0.3 is 4.74 Å². The lowest BCUT2D eigenvalue weighted by atomic mass is 9.87. The molecular weight excluding hydrogens is 236 g/mol. The van der Waals surface area contributed by atoms with Crippen LogP contribution in [0.3, 0.4) is 0 Å². The minimum atomic E-state index is -0.296. The van der Waals surface area contributed by atoms with Crippen LogP contribution in [-0.2, 0) is 4.74 Å². The normalized spacial score (nSPS) is 36.1. The van der Waals surface area contributed by atoms with E-state index in [9.17, 15) is 5.26 Å². The van der Waals surface area contributed by atoms with Crippen LogP contribution in [0.4, 0.5) is 0 Å². The summed E-state index contributed by atoms with van der Waals surface area (Å²) in [4.78, 5) is 0. The molecule has 0 spiro atoms. The van der Waals surface area contributed by atoms with E-state index in [1.165, 1.54) is 25.7 Å². The van der Waals surface area contributed by atoms with E-state index in [4.69, 9.17) is 4.74 Å². The first-order chi connectivity index (χ1) is 9.15. The third kappa shape index (κ3) is 3.94. The van der Waals surface area contributed by atoms with Crippen molar-refractivity contribution in [2.45, 2.75) is 70.4 Å². The second kappa shape index (κ2) is 6.72. The van der Waals surface area contributed by atoms with Crippen molar-refractivity contribution in [2.24, 2.45) is 11.8 Å². The molecule has 0 amide bonds. The van der Waals surface area contributed by atoms with Gasteiger partial charge in [-0.05, 0) is 43.9 Å². The van der Waals surface area contributed by atoms with Crippen LogP contribution in [0, 0.1) is 23.2 Å². The molecule has 1 N–H and O–H groups in total. The van der Waals surface area contributed by atoms with Crippen LogP contribution in [0.15, 0.2) is 0 Å². The first-order valence-corrected chi connectivity index (χ1v) is 7.93. The van der Waals surface area contributed by atoms with Gasteiger partial charge in [0.1, 0.15) is 5.54 Å². The summed E-state index contributed by atoms with van der Waals surface area (Å²) < 4.78 is 5.65. The highest BCUT2D eigenvalue weighted by Gasteiger charge is 2.34. The first-order valence-electron chi connectivity index (χ1n) is 7.93. The Balaban J connectivity index is 1.88. The number of hydrogen-bond acceptors (Lipinski definition) is 3. The fraction of sp³-hybridized carbons (Fsp3) is 0.938. The van der Waals surface area contributed by atoms with Crippen molar-refractivity contribution in [2.75, 3.05) is 13.2 Å². The van der Waals surface area contributed by atoms with Crippen molar-refractivity contribution in [1.29, 1.82) is 5.26 Å². The van der Waals surface area contributed by atoms with Crippen LogP contribution in [-0.4, -0.2) is 24.8 Å². The van der Waals surface area contributed by atoms with E-state index in [1.54, 1.807) is 0 Å². The van der Waals surface area contributed by atoms with Crippen LogP contribution in [0.1, 0.15) is 58.8 Å². The van der Waals surface area contributed by atoms with Crippen molar-refractivity contribution in [3.8, 4) is 6.07 Å². The van der Waals surface area contributed by atoms with E-state index in [-0.39, 0.29) is 5.54 Å². The molecule has 2 rings (SSSR count). The number of nitrogens with one attached hydrogen (secondary N) is 1. The Morgan fingerprint density at radius 3 is 2.74 bits per heavy atom. The predicted octanol–water partition coefficient (Wildman–Crippen LogP) is 3.25. The van der Waals surface area contributed by atoms with E-state index in [1.807, 2.05) is 0 Å². The molecule has 0 aromatic carbocycles. The van der Waals surface area contributed by atoms with Crippen LogP contribution >= 0.6 is 0 Å². The van der Waals surface area contributed by atoms with Crippen LogP contribution in [0.5, 0.6) is 0 Å². The van der Waals surface area contributed by atoms with Crippen molar-refractivity contribution >= 4 is 0 Å². The molecule has 0 aromatic heterocycles. The maximum Gasteiger partial charge on any atom is 0.106 e. The van der Waals surface area contributed by atoms with Crippen LogP contribution in [0.25, 0.3) is 0 Å². The van der Waals surface area contributed by atoms with E-state index in [2.05, 4.69) is 25.2 Å². The molecule has 1 aliphatic heterocycles. The lowest BCUT2D eigenvalue weighted by molar-refractivity contribution is 0.103. The maximum absolute atomic E-state index is 9.61. The molecule has 1 heterocycles. The third-order valence-electron chi connectivity index (χ3n) is 4.97. The molecule has 0 aromatic rings. The Morgan fingerprint density at radius 2 is 2.11 bits per heavy atom. The standard InChI is InChI=1S/C16H28N2O/c1-13(2)14-5-3-8-16(12-17,9-7-14)18-11-15-6-4-10-19-15/h13-15,18H,3-11H2,1-2H3. The second-order valence-electron chi connectivity index (χ2n) is 6.64. The lowest BCUT2D eigenvalue weighted by Gasteiger charge is -2.28. The summed E-state index contributed by atoms with van der Waals surface area (Å²) in [6.07, 6.45) is 8.28. The zero-order valence-electron chi connectivity index (χ0n) is 12.5. The largest absolute Gasteiger partial charge is 0.377 e. The first kappa shape index (κ1) is 14.8. The summed E-state index contributed by atoms with van der Waals surface area (Å²) >= 11 is 0. The lowest BCUT2D eigenvalue weighted by Crippen LogP contribution is -2.46. The zero-order valence-corrected chi connectivity index (χ0v) is 12.5. The molecule has 108 valence electrons. The van der Waals surface area contributed by atoms with Gasteiger partial charge in [0.15, 0.2) is 0 Å². The molecule has 19 heavy (non-hydrogen) atoms. The molecule has 3 heteroatoms. The number of hydrogen-bond donors (Lipinski definition) is 1. The monoisotopic (exact) mass is 264 g/mol. The number of nitriles is 1. The summed E-state index contributed by atoms with van der Waals surface area (Å²) in [6.45, 7) is 6.36. The molecule has 3 nitrogen and oxygen atoms in total. The molecule has 0 radical (unpaired) electrons. The van der Waals surface area contributed by atoms with E-state index >= 15 is 0 Å². The van der Waals surface area contributed by atoms with Crippen LogP contribution < -0.4 is 5.32 Å². The maximum atomic E-state index is 9.61. The van der Waals surface area contributed by atoms with Crippen molar-refractivity contribution in [1.82, 2.24) is 5.32 Å². The number of ether oxygens (including phenoxy) is 1. The minimum Gasteiger partial charge on any atom is -0.377 e. The Kier molecular flexibility index (Phi) is 5.24. The highest BCUT2D eigenvalue weighted by molar-refractivity contribution is 5.08. The molecule has 2 aliphatic rings. The summed E-state index contributed by atoms with van der Waals surface area (Å²) in [5.74, 6) is 1.53. The smallest absolute Gasteiger partial charge is 0.106 e. The SMILES string of the molecule is CC(C)C1CCCC(C#N)(NCC2CCCO2)CC1. The molecule has 3 unspecified atom stereocenters. The molecule has 2 fully saturated rings. The summed E-state index contributed by atoms with van der Waals surface area (Å²) in [7, 11) is 0. The number of nitrogens with zero attached hydrogens (tertiary/aromatic N) is 1. The Hall–Kier alpha value is -0.590. The van der Waals surface area contributed by atoms with E-state index in [0.29, 0.717) is 6.10 Å². The fourth-order valence-corrected chi connectivity index (χ4v) is 3.48. The van der Waals surface area contributed by atoms with Gasteiger partial charge in [0.25, 0.3) is 0 Å². The topological polar surface area (TPSA) is 45.0 Å². The summed E-state index contributed by atoms with van der Waals surface area (Å²) in [6, 6.07) is 2.57. The molecule has 0 bridgehead atoms. The van der Waals surface area contributed by atoms with Crippen molar-refractivity contribution < 1.29 is 4.74 Å². The van der Waals surface area contributed by atoms with Crippen LogP contribution in [0.2, 0.25) is 0 Å². The summed E-state index contributed by atoms with van der Waals surface area (Å²) in [5.41, 5.74) is -0.296. The molecule has 3 atom stereocenters. The highest BCUT2D eigenvalue weighted by atomic mass is 16.5. The molecular formula is C16H28N2O. The fourth-order valence-electron chi connectivity index (χ4n) is 3.48. The van der Waals surface area contributed by atoms with Gasteiger partial charge in [0.05, 0.1) is 12.2 Å². The van der Waals surface area contributed by atoms with Gasteiger partial charge >= 0.3 is 0 Å². The second-order valence-corrected chi connectivity index (χ2v) is 6.64. The van der Waals surface area contributed by atoms with Gasteiger partial charge in [0, 0.05) is 13.2 Å². The van der Waals surface area contributed by atoms with Gasteiger partial charge in [-0.25, -0.2) is 0 Å². The average molecular weight is 264 g/mol. The minimum absolute atomic E-state index is 0.296. The molecule has 1 saturated carbocycles. The molecule has 1 saturated heterocycles. The van der Waals surface area contributed by atoms with Gasteiger partial charge in [-0.2, -0.15) is 5.26 Å².